The zero-order chi connectivity index (χ0) is 21.1. The van der Waals surface area contributed by atoms with Crippen LogP contribution in [0.3, 0.4) is 0 Å². The van der Waals surface area contributed by atoms with Crippen LogP contribution in [0, 0.1) is 0 Å². The maximum absolute atomic E-state index is 12.7. The molecule has 0 aliphatic carbocycles. The molecule has 2 heterocycles. The van der Waals surface area contributed by atoms with Gasteiger partial charge in [0, 0.05) is 23.5 Å². The normalized spacial score (nSPS) is 10.6. The summed E-state index contributed by atoms with van der Waals surface area (Å²) < 4.78 is 11.6. The van der Waals surface area contributed by atoms with Gasteiger partial charge in [-0.2, -0.15) is 5.10 Å². The molecule has 0 atom stereocenters. The van der Waals surface area contributed by atoms with Gasteiger partial charge in [0.25, 0.3) is 5.91 Å². The van der Waals surface area contributed by atoms with Crippen molar-refractivity contribution in [3.8, 4) is 17.0 Å². The molecule has 4 rings (SSSR count). The predicted octanol–water partition coefficient (Wildman–Crippen LogP) is 3.44. The molecule has 0 bridgehead atoms. The Labute approximate surface area is 172 Å². The van der Waals surface area contributed by atoms with Crippen LogP contribution in [0.4, 0.5) is 5.69 Å². The zero-order valence-electron chi connectivity index (χ0n) is 16.3. The van der Waals surface area contributed by atoms with Gasteiger partial charge in [-0.25, -0.2) is 14.3 Å². The second kappa shape index (κ2) is 8.04. The van der Waals surface area contributed by atoms with Crippen LogP contribution in [0.15, 0.2) is 66.9 Å². The third-order valence-electron chi connectivity index (χ3n) is 4.52. The molecule has 8 heteroatoms. The molecule has 30 heavy (non-hydrogen) atoms. The SMILES string of the molecule is COC(=O)c1ccc(NC(=O)c2cc3nccc(-c4cccc(OC)c4)n3n2)cc1. The summed E-state index contributed by atoms with van der Waals surface area (Å²) in [5.41, 5.74) is 3.35. The van der Waals surface area contributed by atoms with Crippen LogP contribution < -0.4 is 10.1 Å². The number of hydrogen-bond donors (Lipinski definition) is 1. The van der Waals surface area contributed by atoms with Gasteiger partial charge in [-0.15, -0.1) is 0 Å². The average Bonchev–Trinajstić information content (AvgIpc) is 3.24. The monoisotopic (exact) mass is 402 g/mol. The second-order valence-electron chi connectivity index (χ2n) is 6.38. The fraction of sp³-hybridized carbons (Fsp3) is 0.0909. The molecule has 0 fully saturated rings. The van der Waals surface area contributed by atoms with E-state index in [0.29, 0.717) is 16.9 Å². The number of rotatable bonds is 5. The van der Waals surface area contributed by atoms with E-state index in [1.165, 1.54) is 7.11 Å². The lowest BCUT2D eigenvalue weighted by molar-refractivity contribution is 0.0600. The first-order valence-corrected chi connectivity index (χ1v) is 9.08. The van der Waals surface area contributed by atoms with Crippen molar-refractivity contribution in [2.45, 2.75) is 0 Å². The third kappa shape index (κ3) is 3.70. The van der Waals surface area contributed by atoms with Crippen LogP contribution in [-0.2, 0) is 4.74 Å². The highest BCUT2D eigenvalue weighted by atomic mass is 16.5. The summed E-state index contributed by atoms with van der Waals surface area (Å²) in [4.78, 5) is 28.5. The van der Waals surface area contributed by atoms with Crippen molar-refractivity contribution in [1.82, 2.24) is 14.6 Å². The Morgan fingerprint density at radius 1 is 1.00 bits per heavy atom. The standard InChI is InChI=1S/C22H18N4O4/c1-29-17-5-3-4-15(12-17)19-10-11-23-20-13-18(25-26(19)20)21(27)24-16-8-6-14(7-9-16)22(28)30-2/h3-13H,1-2H3,(H,24,27). The molecule has 0 radical (unpaired) electrons. The number of fused-ring (bicyclic) bond motifs is 1. The van der Waals surface area contributed by atoms with Gasteiger partial charge in [-0.05, 0) is 42.5 Å². The lowest BCUT2D eigenvalue weighted by atomic mass is 10.1. The van der Waals surface area contributed by atoms with Gasteiger partial charge < -0.3 is 14.8 Å². The second-order valence-corrected chi connectivity index (χ2v) is 6.38. The minimum atomic E-state index is -0.440. The molecular formula is C22H18N4O4. The van der Waals surface area contributed by atoms with Crippen LogP contribution in [-0.4, -0.2) is 40.7 Å². The van der Waals surface area contributed by atoms with Crippen molar-refractivity contribution >= 4 is 23.2 Å². The van der Waals surface area contributed by atoms with Crippen molar-refractivity contribution < 1.29 is 19.1 Å². The quantitative estimate of drug-likeness (QED) is 0.514. The van der Waals surface area contributed by atoms with E-state index in [0.717, 1.165) is 17.0 Å². The number of methoxy groups -OCH3 is 2. The molecule has 0 saturated heterocycles. The van der Waals surface area contributed by atoms with E-state index in [1.54, 1.807) is 48.2 Å². The number of ether oxygens (including phenoxy) is 2. The Bertz CT molecular complexity index is 1230. The minimum absolute atomic E-state index is 0.217. The Kier molecular flexibility index (Phi) is 5.13. The molecule has 0 aliphatic heterocycles. The maximum Gasteiger partial charge on any atom is 0.337 e. The number of amides is 1. The number of anilines is 1. The summed E-state index contributed by atoms with van der Waals surface area (Å²) in [7, 11) is 2.92. The smallest absolute Gasteiger partial charge is 0.337 e. The molecule has 0 aliphatic rings. The maximum atomic E-state index is 12.7. The summed E-state index contributed by atoms with van der Waals surface area (Å²) in [6, 6.07) is 17.4. The van der Waals surface area contributed by atoms with E-state index in [4.69, 9.17) is 4.74 Å². The highest BCUT2D eigenvalue weighted by Crippen LogP contribution is 2.24. The number of carbonyl (C=O) groups is 2. The van der Waals surface area contributed by atoms with Crippen LogP contribution in [0.25, 0.3) is 16.9 Å². The summed E-state index contributed by atoms with van der Waals surface area (Å²) >= 11 is 0. The number of hydrogen-bond acceptors (Lipinski definition) is 6. The van der Waals surface area contributed by atoms with Crippen LogP contribution in [0.5, 0.6) is 5.75 Å². The number of nitrogens with zero attached hydrogens (tertiary/aromatic N) is 3. The molecule has 1 amide bonds. The third-order valence-corrected chi connectivity index (χ3v) is 4.52. The molecule has 150 valence electrons. The Balaban J connectivity index is 1.62. The first kappa shape index (κ1) is 19.1. The Morgan fingerprint density at radius 3 is 2.53 bits per heavy atom. The zero-order valence-corrected chi connectivity index (χ0v) is 16.3. The number of aromatic nitrogens is 3. The van der Waals surface area contributed by atoms with E-state index in [1.807, 2.05) is 30.3 Å². The average molecular weight is 402 g/mol. The fourth-order valence-corrected chi connectivity index (χ4v) is 3.01. The summed E-state index contributed by atoms with van der Waals surface area (Å²) in [6.45, 7) is 0. The first-order valence-electron chi connectivity index (χ1n) is 9.08. The summed E-state index contributed by atoms with van der Waals surface area (Å²) in [5.74, 6) is -0.106. The molecular weight excluding hydrogens is 384 g/mol. The number of esters is 1. The molecule has 0 unspecified atom stereocenters. The number of benzene rings is 2. The van der Waals surface area contributed by atoms with E-state index >= 15 is 0 Å². The molecule has 1 N–H and O–H groups in total. The Morgan fingerprint density at radius 2 is 1.80 bits per heavy atom. The molecule has 0 saturated carbocycles. The first-order chi connectivity index (χ1) is 14.6. The minimum Gasteiger partial charge on any atom is -0.497 e. The number of carbonyl (C=O) groups excluding carboxylic acids is 2. The van der Waals surface area contributed by atoms with Gasteiger partial charge in [0.15, 0.2) is 11.3 Å². The van der Waals surface area contributed by atoms with E-state index in [2.05, 4.69) is 20.1 Å². The van der Waals surface area contributed by atoms with Crippen molar-refractivity contribution in [2.24, 2.45) is 0 Å². The lowest BCUT2D eigenvalue weighted by Crippen LogP contribution is -2.13. The molecule has 8 nitrogen and oxygen atoms in total. The molecule has 4 aromatic rings. The highest BCUT2D eigenvalue weighted by molar-refractivity contribution is 6.03. The van der Waals surface area contributed by atoms with Crippen LogP contribution >= 0.6 is 0 Å². The number of nitrogens with one attached hydrogen (secondary N) is 1. The van der Waals surface area contributed by atoms with Crippen LogP contribution in [0.1, 0.15) is 20.8 Å². The predicted molar refractivity (Wildman–Crippen MR) is 111 cm³/mol. The van der Waals surface area contributed by atoms with Gasteiger partial charge in [0.05, 0.1) is 25.5 Å². The topological polar surface area (TPSA) is 94.8 Å². The van der Waals surface area contributed by atoms with Gasteiger partial charge in [-0.3, -0.25) is 4.79 Å². The fourth-order valence-electron chi connectivity index (χ4n) is 3.01. The highest BCUT2D eigenvalue weighted by Gasteiger charge is 2.15. The molecule has 2 aromatic carbocycles. The van der Waals surface area contributed by atoms with Gasteiger partial charge in [0.1, 0.15) is 5.75 Å². The van der Waals surface area contributed by atoms with E-state index in [9.17, 15) is 9.59 Å². The molecule has 2 aromatic heterocycles. The summed E-state index contributed by atoms with van der Waals surface area (Å²) in [6.07, 6.45) is 1.67. The van der Waals surface area contributed by atoms with Crippen molar-refractivity contribution in [2.75, 3.05) is 19.5 Å². The van der Waals surface area contributed by atoms with E-state index in [-0.39, 0.29) is 11.6 Å². The van der Waals surface area contributed by atoms with Crippen molar-refractivity contribution in [3.63, 3.8) is 0 Å². The van der Waals surface area contributed by atoms with Crippen molar-refractivity contribution in [1.29, 1.82) is 0 Å². The van der Waals surface area contributed by atoms with E-state index < -0.39 is 5.97 Å². The largest absolute Gasteiger partial charge is 0.497 e. The molecule has 0 spiro atoms. The van der Waals surface area contributed by atoms with Crippen molar-refractivity contribution in [3.05, 3.63) is 78.1 Å². The van der Waals surface area contributed by atoms with Crippen LogP contribution in [0.2, 0.25) is 0 Å². The van der Waals surface area contributed by atoms with Gasteiger partial charge >= 0.3 is 5.97 Å². The Hall–Kier alpha value is -4.20. The summed E-state index contributed by atoms with van der Waals surface area (Å²) in [5, 5.41) is 7.19. The lowest BCUT2D eigenvalue weighted by Gasteiger charge is -2.06. The van der Waals surface area contributed by atoms with Gasteiger partial charge in [-0.1, -0.05) is 12.1 Å². The van der Waals surface area contributed by atoms with Gasteiger partial charge in [0.2, 0.25) is 0 Å².